The number of hydrogen-bond acceptors (Lipinski definition) is 4. The summed E-state index contributed by atoms with van der Waals surface area (Å²) in [5, 5.41) is 12.9. The molecule has 140 valence electrons. The van der Waals surface area contributed by atoms with Gasteiger partial charge in [-0.25, -0.2) is 9.78 Å². The van der Waals surface area contributed by atoms with Gasteiger partial charge in [0.05, 0.1) is 22.1 Å². The molecule has 5 rings (SSSR count). The summed E-state index contributed by atoms with van der Waals surface area (Å²) in [6.45, 7) is 0. The number of H-pyrrole nitrogens is 3. The Morgan fingerprint density at radius 3 is 2.75 bits per heavy atom. The maximum absolute atomic E-state index is 11.6. The third kappa shape index (κ3) is 2.55. The summed E-state index contributed by atoms with van der Waals surface area (Å²) in [6, 6.07) is 13.4. The molecule has 2 aromatic carbocycles. The van der Waals surface area contributed by atoms with Crippen LogP contribution in [0.25, 0.3) is 39.1 Å². The van der Waals surface area contributed by atoms with Gasteiger partial charge in [0.25, 0.3) is 0 Å². The highest BCUT2D eigenvalue weighted by Gasteiger charge is 2.17. The van der Waals surface area contributed by atoms with Gasteiger partial charge in [0.2, 0.25) is 0 Å². The van der Waals surface area contributed by atoms with Gasteiger partial charge in [0.1, 0.15) is 12.1 Å². The normalized spacial score (nSPS) is 12.8. The van der Waals surface area contributed by atoms with Crippen LogP contribution < -0.4 is 11.0 Å². The maximum Gasteiger partial charge on any atom is 0.323 e. The zero-order valence-electron chi connectivity index (χ0n) is 15.0. The van der Waals surface area contributed by atoms with Crippen LogP contribution in [0.2, 0.25) is 0 Å². The quantitative estimate of drug-likeness (QED) is 0.311. The van der Waals surface area contributed by atoms with Crippen molar-refractivity contribution < 1.29 is 5.11 Å². The van der Waals surface area contributed by atoms with Gasteiger partial charge in [0, 0.05) is 23.6 Å². The third-order valence-electron chi connectivity index (χ3n) is 4.88. The molecular weight excluding hydrogens is 356 g/mol. The predicted molar refractivity (Wildman–Crippen MR) is 107 cm³/mol. The molecule has 3 aromatic heterocycles. The number of nitrogens with one attached hydrogen (secondary N) is 4. The van der Waals surface area contributed by atoms with Gasteiger partial charge < -0.3 is 20.1 Å². The zero-order chi connectivity index (χ0) is 19.3. The third-order valence-corrected chi connectivity index (χ3v) is 4.88. The summed E-state index contributed by atoms with van der Waals surface area (Å²) >= 11 is 0. The first-order valence-electron chi connectivity index (χ1n) is 8.87. The monoisotopic (exact) mass is 374 g/mol. The van der Waals surface area contributed by atoms with Crippen LogP contribution in [0.15, 0.2) is 59.7 Å². The highest BCUT2D eigenvalue weighted by atomic mass is 16.3. The predicted octanol–water partition coefficient (Wildman–Crippen LogP) is 2.40. The molecule has 0 aliphatic heterocycles. The molecule has 0 radical (unpaired) electrons. The molecule has 0 bridgehead atoms. The van der Waals surface area contributed by atoms with E-state index in [1.54, 1.807) is 7.05 Å². The molecular formula is C20H18N6O2. The van der Waals surface area contributed by atoms with E-state index in [4.69, 9.17) is 4.98 Å². The van der Waals surface area contributed by atoms with Crippen LogP contribution in [0.3, 0.4) is 0 Å². The minimum absolute atomic E-state index is 0.237. The molecule has 3 heterocycles. The average Bonchev–Trinajstić information content (AvgIpc) is 3.42. The number of rotatable bonds is 4. The van der Waals surface area contributed by atoms with Crippen LogP contribution in [0.5, 0.6) is 0 Å². The number of aliphatic hydroxyl groups excluding tert-OH is 1. The van der Waals surface area contributed by atoms with E-state index in [1.807, 2.05) is 59.4 Å². The Balaban J connectivity index is 1.79. The van der Waals surface area contributed by atoms with E-state index in [0.29, 0.717) is 0 Å². The average molecular weight is 374 g/mol. The first-order valence-corrected chi connectivity index (χ1v) is 8.87. The fraction of sp³-hybridized carbons (Fsp3) is 0.100. The summed E-state index contributed by atoms with van der Waals surface area (Å²) in [5.74, 6) is 0.768. The highest BCUT2D eigenvalue weighted by molar-refractivity contribution is 5.85. The number of hydrogen-bond donors (Lipinski definition) is 5. The van der Waals surface area contributed by atoms with E-state index in [0.717, 1.165) is 44.7 Å². The lowest BCUT2D eigenvalue weighted by atomic mass is 10.1. The topological polar surface area (TPSA) is 115 Å². The van der Waals surface area contributed by atoms with Gasteiger partial charge in [-0.1, -0.05) is 6.07 Å². The summed E-state index contributed by atoms with van der Waals surface area (Å²) in [5.41, 5.74) is 5.47. The van der Waals surface area contributed by atoms with Crippen LogP contribution in [0, 0.1) is 0 Å². The molecule has 5 N–H and O–H groups in total. The van der Waals surface area contributed by atoms with Crippen molar-refractivity contribution in [3.05, 3.63) is 70.9 Å². The van der Waals surface area contributed by atoms with Gasteiger partial charge in [-0.2, -0.15) is 0 Å². The molecule has 1 atom stereocenters. The molecule has 28 heavy (non-hydrogen) atoms. The second-order valence-electron chi connectivity index (χ2n) is 6.62. The molecule has 8 heteroatoms. The molecule has 0 amide bonds. The van der Waals surface area contributed by atoms with Gasteiger partial charge in [-0.05, 0) is 49.0 Å². The molecule has 5 aromatic rings. The molecule has 0 saturated carbocycles. The number of nitrogens with zero attached hydrogens (tertiary/aromatic N) is 2. The molecule has 0 fully saturated rings. The van der Waals surface area contributed by atoms with Gasteiger partial charge in [0.15, 0.2) is 0 Å². The first-order chi connectivity index (χ1) is 13.6. The lowest BCUT2D eigenvalue weighted by Crippen LogP contribution is -2.14. The molecule has 1 unspecified atom stereocenters. The van der Waals surface area contributed by atoms with Crippen LogP contribution in [-0.2, 0) is 0 Å². The lowest BCUT2D eigenvalue weighted by molar-refractivity contribution is 0.149. The summed E-state index contributed by atoms with van der Waals surface area (Å²) < 4.78 is 2.04. The number of aliphatic hydroxyl groups is 1. The Kier molecular flexibility index (Phi) is 3.68. The van der Waals surface area contributed by atoms with Crippen LogP contribution in [0.1, 0.15) is 11.8 Å². The fourth-order valence-electron chi connectivity index (χ4n) is 3.51. The minimum atomic E-state index is -0.758. The van der Waals surface area contributed by atoms with Crippen molar-refractivity contribution in [3.8, 4) is 17.1 Å². The molecule has 0 saturated heterocycles. The Morgan fingerprint density at radius 1 is 1.11 bits per heavy atom. The van der Waals surface area contributed by atoms with Crippen LogP contribution in [-0.4, -0.2) is 36.7 Å². The molecule has 0 spiro atoms. The largest absolute Gasteiger partial charge is 0.374 e. The maximum atomic E-state index is 11.6. The van der Waals surface area contributed by atoms with E-state index in [1.165, 1.54) is 0 Å². The van der Waals surface area contributed by atoms with Gasteiger partial charge >= 0.3 is 5.69 Å². The van der Waals surface area contributed by atoms with Crippen molar-refractivity contribution in [2.75, 3.05) is 7.05 Å². The molecule has 8 nitrogen and oxygen atoms in total. The van der Waals surface area contributed by atoms with E-state index in [-0.39, 0.29) is 5.69 Å². The fourth-order valence-corrected chi connectivity index (χ4v) is 3.51. The zero-order valence-corrected chi connectivity index (χ0v) is 15.0. The lowest BCUT2D eigenvalue weighted by Gasteiger charge is -2.11. The SMILES string of the molecule is CNC(O)c1ccc2c(c1)nc(-c1cc[nH]c1)n2-c1ccc2[nH]c(=O)[nH]c2c1. The van der Waals surface area contributed by atoms with Crippen molar-refractivity contribution in [2.45, 2.75) is 6.23 Å². The van der Waals surface area contributed by atoms with Crippen LogP contribution >= 0.6 is 0 Å². The van der Waals surface area contributed by atoms with Gasteiger partial charge in [-0.3, -0.25) is 9.88 Å². The van der Waals surface area contributed by atoms with Crippen molar-refractivity contribution in [3.63, 3.8) is 0 Å². The second-order valence-corrected chi connectivity index (χ2v) is 6.62. The first kappa shape index (κ1) is 16.5. The second kappa shape index (κ2) is 6.22. The number of aromatic amines is 3. The van der Waals surface area contributed by atoms with Crippen molar-refractivity contribution in [1.82, 2.24) is 29.8 Å². The standard InChI is InChI=1S/C20H18N6O2/c1-21-19(27)11-2-5-17-16(8-11)23-18(12-6-7-22-10-12)26(17)13-3-4-14-15(9-13)25-20(28)24-14/h2-10,19,21-22,27H,1H3,(H2,24,25,28). The van der Waals surface area contributed by atoms with E-state index < -0.39 is 6.23 Å². The van der Waals surface area contributed by atoms with Crippen molar-refractivity contribution in [1.29, 1.82) is 0 Å². The smallest absolute Gasteiger partial charge is 0.323 e. The minimum Gasteiger partial charge on any atom is -0.374 e. The Hall–Kier alpha value is -3.62. The van der Waals surface area contributed by atoms with Gasteiger partial charge in [-0.15, -0.1) is 0 Å². The van der Waals surface area contributed by atoms with Crippen molar-refractivity contribution >= 4 is 22.1 Å². The molecule has 0 aliphatic rings. The van der Waals surface area contributed by atoms with Crippen molar-refractivity contribution in [2.24, 2.45) is 0 Å². The summed E-state index contributed by atoms with van der Waals surface area (Å²) in [4.78, 5) is 25.1. The Bertz CT molecular complexity index is 1340. The number of aromatic nitrogens is 5. The van der Waals surface area contributed by atoms with Crippen LogP contribution in [0.4, 0.5) is 0 Å². The Morgan fingerprint density at radius 2 is 1.96 bits per heavy atom. The number of benzene rings is 2. The van der Waals surface area contributed by atoms with E-state index >= 15 is 0 Å². The van der Waals surface area contributed by atoms with E-state index in [9.17, 15) is 9.90 Å². The summed E-state index contributed by atoms with van der Waals surface area (Å²) in [7, 11) is 1.70. The number of fused-ring (bicyclic) bond motifs is 2. The Labute approximate surface area is 158 Å². The molecule has 0 aliphatic carbocycles. The highest BCUT2D eigenvalue weighted by Crippen LogP contribution is 2.30. The number of imidazole rings is 2. The van der Waals surface area contributed by atoms with E-state index in [2.05, 4.69) is 20.3 Å². The summed E-state index contributed by atoms with van der Waals surface area (Å²) in [6.07, 6.45) is 2.98.